The lowest BCUT2D eigenvalue weighted by Crippen LogP contribution is -2.68. The highest BCUT2D eigenvalue weighted by molar-refractivity contribution is 6.19. The highest BCUT2D eigenvalue weighted by Crippen LogP contribution is 2.45. The fourth-order valence-corrected chi connectivity index (χ4v) is 3.92. The van der Waals surface area contributed by atoms with Crippen LogP contribution in [0.1, 0.15) is 44.9 Å². The van der Waals surface area contributed by atoms with Crippen molar-refractivity contribution in [2.45, 2.75) is 50.5 Å². The van der Waals surface area contributed by atoms with Gasteiger partial charge in [-0.2, -0.15) is 0 Å². The Morgan fingerprint density at radius 2 is 1.67 bits per heavy atom. The maximum absolute atomic E-state index is 12.7. The largest absolute Gasteiger partial charge is 0.330 e. The number of barbiturate groups is 1. The van der Waals surface area contributed by atoms with E-state index in [4.69, 9.17) is 0 Å². The van der Waals surface area contributed by atoms with Gasteiger partial charge in [0.25, 0.3) is 0 Å². The van der Waals surface area contributed by atoms with Crippen molar-refractivity contribution < 1.29 is 14.4 Å². The first-order valence-electron chi connectivity index (χ1n) is 7.76. The molecule has 1 spiro atoms. The summed E-state index contributed by atoms with van der Waals surface area (Å²) in [5.41, 5.74) is -1.10. The fraction of sp³-hybridized carbons (Fsp3) is 0.800. The molecule has 21 heavy (non-hydrogen) atoms. The van der Waals surface area contributed by atoms with Crippen molar-refractivity contribution in [1.29, 1.82) is 0 Å². The molecule has 3 aliphatic rings. The third-order valence-corrected chi connectivity index (χ3v) is 5.70. The van der Waals surface area contributed by atoms with Crippen molar-refractivity contribution in [3.8, 4) is 0 Å². The number of nitrogens with zero attached hydrogens (tertiary/aromatic N) is 2. The topological polar surface area (TPSA) is 69.7 Å². The minimum absolute atomic E-state index is 0.141. The standard InChI is InChI=1S/C15H23N3O3/c1-17(2)14(6-3-4-7-14)10-18-12(20)15(8-5-9-15)11(19)16-13(18)21/h3-10H2,1-2H3,(H,16,19,21). The number of urea groups is 1. The Balaban J connectivity index is 1.85. The van der Waals surface area contributed by atoms with Gasteiger partial charge in [-0.1, -0.05) is 19.3 Å². The van der Waals surface area contributed by atoms with Crippen molar-refractivity contribution in [1.82, 2.24) is 15.1 Å². The van der Waals surface area contributed by atoms with Gasteiger partial charge in [0.1, 0.15) is 5.41 Å². The summed E-state index contributed by atoms with van der Waals surface area (Å²) in [6, 6.07) is -0.546. The van der Waals surface area contributed by atoms with Crippen LogP contribution in [0.5, 0.6) is 0 Å². The highest BCUT2D eigenvalue weighted by atomic mass is 16.2. The molecular formula is C15H23N3O3. The van der Waals surface area contributed by atoms with Gasteiger partial charge in [-0.15, -0.1) is 0 Å². The first kappa shape index (κ1) is 14.5. The quantitative estimate of drug-likeness (QED) is 0.791. The molecule has 3 rings (SSSR count). The summed E-state index contributed by atoms with van der Waals surface area (Å²) in [5.74, 6) is -0.680. The second-order valence-corrected chi connectivity index (χ2v) is 6.91. The number of amides is 4. The Morgan fingerprint density at radius 1 is 1.05 bits per heavy atom. The van der Waals surface area contributed by atoms with Crippen molar-refractivity contribution >= 4 is 17.8 Å². The molecule has 0 aromatic rings. The van der Waals surface area contributed by atoms with Gasteiger partial charge in [-0.3, -0.25) is 19.8 Å². The van der Waals surface area contributed by atoms with Gasteiger partial charge in [-0.25, -0.2) is 4.79 Å². The third-order valence-electron chi connectivity index (χ3n) is 5.70. The van der Waals surface area contributed by atoms with E-state index in [0.717, 1.165) is 32.1 Å². The van der Waals surface area contributed by atoms with E-state index in [1.165, 1.54) is 4.90 Å². The number of carbonyl (C=O) groups is 3. The Morgan fingerprint density at radius 3 is 2.14 bits per heavy atom. The average Bonchev–Trinajstić information content (AvgIpc) is 2.82. The zero-order chi connectivity index (χ0) is 15.3. The normalized spacial score (nSPS) is 27.2. The lowest BCUT2D eigenvalue weighted by molar-refractivity contribution is -0.158. The van der Waals surface area contributed by atoms with Crippen LogP contribution in [0.3, 0.4) is 0 Å². The molecule has 2 aliphatic carbocycles. The van der Waals surface area contributed by atoms with Crippen LogP contribution in [0.15, 0.2) is 0 Å². The third kappa shape index (κ3) is 1.99. The molecule has 2 saturated carbocycles. The van der Waals surface area contributed by atoms with E-state index in [2.05, 4.69) is 10.2 Å². The molecule has 0 atom stereocenters. The summed E-state index contributed by atoms with van der Waals surface area (Å²) >= 11 is 0. The molecule has 0 bridgehead atoms. The average molecular weight is 293 g/mol. The molecule has 1 aliphatic heterocycles. The van der Waals surface area contributed by atoms with E-state index in [0.29, 0.717) is 19.4 Å². The molecular weight excluding hydrogens is 270 g/mol. The van der Waals surface area contributed by atoms with E-state index >= 15 is 0 Å². The van der Waals surface area contributed by atoms with E-state index in [1.54, 1.807) is 0 Å². The zero-order valence-electron chi connectivity index (χ0n) is 12.8. The molecule has 1 N–H and O–H groups in total. The lowest BCUT2D eigenvalue weighted by atomic mass is 9.66. The number of nitrogens with one attached hydrogen (secondary N) is 1. The van der Waals surface area contributed by atoms with Crippen molar-refractivity contribution in [2.24, 2.45) is 5.41 Å². The molecule has 6 heteroatoms. The monoisotopic (exact) mass is 293 g/mol. The maximum Gasteiger partial charge on any atom is 0.330 e. The van der Waals surface area contributed by atoms with Crippen LogP contribution >= 0.6 is 0 Å². The summed E-state index contributed by atoms with van der Waals surface area (Å²) in [6.07, 6.45) is 6.21. The van der Waals surface area contributed by atoms with E-state index in [-0.39, 0.29) is 11.4 Å². The second kappa shape index (κ2) is 4.80. The number of imide groups is 2. The summed E-state index contributed by atoms with van der Waals surface area (Å²) in [4.78, 5) is 40.3. The smallest absolute Gasteiger partial charge is 0.302 e. The maximum atomic E-state index is 12.7. The van der Waals surface area contributed by atoms with Gasteiger partial charge in [0.15, 0.2) is 0 Å². The number of carbonyl (C=O) groups excluding carboxylic acids is 3. The summed E-state index contributed by atoms with van der Waals surface area (Å²) in [5, 5.41) is 2.39. The predicted octanol–water partition coefficient (Wildman–Crippen LogP) is 1.11. The Hall–Kier alpha value is -1.43. The Bertz CT molecular complexity index is 490. The number of likely N-dealkylation sites (N-methyl/N-ethyl adjacent to an activating group) is 1. The van der Waals surface area contributed by atoms with Crippen LogP contribution in [-0.2, 0) is 9.59 Å². The van der Waals surface area contributed by atoms with Gasteiger partial charge in [0, 0.05) is 12.1 Å². The van der Waals surface area contributed by atoms with Gasteiger partial charge < -0.3 is 4.90 Å². The molecule has 6 nitrogen and oxygen atoms in total. The molecule has 0 unspecified atom stereocenters. The highest BCUT2D eigenvalue weighted by Gasteiger charge is 2.58. The molecule has 3 fully saturated rings. The van der Waals surface area contributed by atoms with Gasteiger partial charge in [-0.05, 0) is 39.8 Å². The van der Waals surface area contributed by atoms with Crippen molar-refractivity contribution in [3.05, 3.63) is 0 Å². The zero-order valence-corrected chi connectivity index (χ0v) is 12.8. The van der Waals surface area contributed by atoms with Crippen molar-refractivity contribution in [3.63, 3.8) is 0 Å². The fourth-order valence-electron chi connectivity index (χ4n) is 3.92. The Kier molecular flexibility index (Phi) is 3.31. The van der Waals surface area contributed by atoms with E-state index in [9.17, 15) is 14.4 Å². The first-order chi connectivity index (χ1) is 9.91. The minimum Gasteiger partial charge on any atom is -0.302 e. The molecule has 0 aromatic heterocycles. The van der Waals surface area contributed by atoms with E-state index in [1.807, 2.05) is 14.1 Å². The number of rotatable bonds is 3. The van der Waals surface area contributed by atoms with Crippen LogP contribution < -0.4 is 5.32 Å². The number of hydrogen-bond acceptors (Lipinski definition) is 4. The second-order valence-electron chi connectivity index (χ2n) is 6.91. The number of hydrogen-bond donors (Lipinski definition) is 1. The van der Waals surface area contributed by atoms with Crippen LogP contribution in [0, 0.1) is 5.41 Å². The van der Waals surface area contributed by atoms with Crippen LogP contribution in [-0.4, -0.2) is 53.8 Å². The molecule has 1 saturated heterocycles. The van der Waals surface area contributed by atoms with E-state index < -0.39 is 17.4 Å². The molecule has 1 heterocycles. The molecule has 116 valence electrons. The first-order valence-corrected chi connectivity index (χ1v) is 7.76. The van der Waals surface area contributed by atoms with Gasteiger partial charge >= 0.3 is 6.03 Å². The SMILES string of the molecule is CN(C)C1(CN2C(=O)NC(=O)C3(CCC3)C2=O)CCCC1. The predicted molar refractivity (Wildman–Crippen MR) is 76.4 cm³/mol. The Labute approximate surface area is 124 Å². The minimum atomic E-state index is -0.958. The van der Waals surface area contributed by atoms with Crippen LogP contribution in [0.4, 0.5) is 4.79 Å². The molecule has 4 amide bonds. The summed E-state index contributed by atoms with van der Waals surface area (Å²) < 4.78 is 0. The summed E-state index contributed by atoms with van der Waals surface area (Å²) in [6.45, 7) is 0.389. The van der Waals surface area contributed by atoms with Gasteiger partial charge in [0.2, 0.25) is 11.8 Å². The molecule has 0 aromatic carbocycles. The van der Waals surface area contributed by atoms with Crippen LogP contribution in [0.2, 0.25) is 0 Å². The van der Waals surface area contributed by atoms with Crippen LogP contribution in [0.25, 0.3) is 0 Å². The van der Waals surface area contributed by atoms with Gasteiger partial charge in [0.05, 0.1) is 0 Å². The van der Waals surface area contributed by atoms with Crippen molar-refractivity contribution in [2.75, 3.05) is 20.6 Å². The lowest BCUT2D eigenvalue weighted by Gasteiger charge is -2.47. The molecule has 0 radical (unpaired) electrons. The summed E-state index contributed by atoms with van der Waals surface area (Å²) in [7, 11) is 4.00.